The maximum Gasteiger partial charge on any atom is 0.0811 e. The Bertz CT molecular complexity index is 286. The molecular weight excluding hydrogens is 166 g/mol. The topological polar surface area (TPSA) is 66.5 Å². The van der Waals surface area contributed by atoms with Gasteiger partial charge in [-0.05, 0) is 18.1 Å². The summed E-state index contributed by atoms with van der Waals surface area (Å²) in [5, 5.41) is 17.9. The maximum atomic E-state index is 9.22. The van der Waals surface area contributed by atoms with E-state index in [2.05, 4.69) is 0 Å². The summed E-state index contributed by atoms with van der Waals surface area (Å²) in [4.78, 5) is 0. The molecule has 0 amide bonds. The van der Waals surface area contributed by atoms with Gasteiger partial charge in [-0.2, -0.15) is 0 Å². The number of hydrogen-bond donors (Lipinski definition) is 3. The molecule has 0 saturated carbocycles. The SMILES string of the molecule is Cc1cccc(CC(O)CO)c1N. The van der Waals surface area contributed by atoms with E-state index in [1.54, 1.807) is 0 Å². The summed E-state index contributed by atoms with van der Waals surface area (Å²) >= 11 is 0. The fourth-order valence-corrected chi connectivity index (χ4v) is 1.24. The van der Waals surface area contributed by atoms with Crippen molar-refractivity contribution in [1.29, 1.82) is 0 Å². The van der Waals surface area contributed by atoms with Crippen molar-refractivity contribution >= 4 is 5.69 Å². The third kappa shape index (κ3) is 2.44. The molecule has 1 aromatic carbocycles. The first-order chi connectivity index (χ1) is 6.15. The second-order valence-electron chi connectivity index (χ2n) is 3.19. The zero-order valence-corrected chi connectivity index (χ0v) is 7.70. The highest BCUT2D eigenvalue weighted by atomic mass is 16.3. The van der Waals surface area contributed by atoms with Gasteiger partial charge >= 0.3 is 0 Å². The van der Waals surface area contributed by atoms with Crippen molar-refractivity contribution in [2.24, 2.45) is 0 Å². The van der Waals surface area contributed by atoms with Crippen molar-refractivity contribution in [3.63, 3.8) is 0 Å². The number of aryl methyl sites for hydroxylation is 1. The summed E-state index contributed by atoms with van der Waals surface area (Å²) in [6.45, 7) is 1.69. The first-order valence-electron chi connectivity index (χ1n) is 4.28. The average molecular weight is 181 g/mol. The van der Waals surface area contributed by atoms with Crippen molar-refractivity contribution in [2.75, 3.05) is 12.3 Å². The summed E-state index contributed by atoms with van der Waals surface area (Å²) in [6.07, 6.45) is -0.312. The first-order valence-corrected chi connectivity index (χ1v) is 4.28. The van der Waals surface area contributed by atoms with Crippen LogP contribution in [-0.2, 0) is 6.42 Å². The number of aliphatic hydroxyl groups is 2. The lowest BCUT2D eigenvalue weighted by atomic mass is 10.0. The van der Waals surface area contributed by atoms with Crippen LogP contribution in [0.15, 0.2) is 18.2 Å². The van der Waals surface area contributed by atoms with Crippen molar-refractivity contribution in [3.05, 3.63) is 29.3 Å². The monoisotopic (exact) mass is 181 g/mol. The fraction of sp³-hybridized carbons (Fsp3) is 0.400. The standard InChI is InChI=1S/C10H15NO2/c1-7-3-2-4-8(10(7)11)5-9(13)6-12/h2-4,9,12-13H,5-6,11H2,1H3. The van der Waals surface area contributed by atoms with Gasteiger partial charge in [-0.15, -0.1) is 0 Å². The van der Waals surface area contributed by atoms with Crippen molar-refractivity contribution < 1.29 is 10.2 Å². The van der Waals surface area contributed by atoms with E-state index in [-0.39, 0.29) is 6.61 Å². The van der Waals surface area contributed by atoms with E-state index in [1.165, 1.54) is 0 Å². The predicted molar refractivity (Wildman–Crippen MR) is 52.4 cm³/mol. The summed E-state index contributed by atoms with van der Waals surface area (Å²) < 4.78 is 0. The normalized spacial score (nSPS) is 12.8. The largest absolute Gasteiger partial charge is 0.398 e. The number of aliphatic hydroxyl groups excluding tert-OH is 2. The molecule has 0 radical (unpaired) electrons. The first kappa shape index (κ1) is 10.0. The van der Waals surface area contributed by atoms with E-state index >= 15 is 0 Å². The van der Waals surface area contributed by atoms with Gasteiger partial charge in [0.1, 0.15) is 0 Å². The van der Waals surface area contributed by atoms with Gasteiger partial charge in [-0.3, -0.25) is 0 Å². The molecular formula is C10H15NO2. The molecule has 0 heterocycles. The van der Waals surface area contributed by atoms with Gasteiger partial charge in [0.15, 0.2) is 0 Å². The Balaban J connectivity index is 2.83. The smallest absolute Gasteiger partial charge is 0.0811 e. The summed E-state index contributed by atoms with van der Waals surface area (Å²) in [5.74, 6) is 0. The lowest BCUT2D eigenvalue weighted by Gasteiger charge is -2.10. The van der Waals surface area contributed by atoms with Crippen LogP contribution in [0.4, 0.5) is 5.69 Å². The van der Waals surface area contributed by atoms with Gasteiger partial charge in [-0.1, -0.05) is 18.2 Å². The predicted octanol–water partition coefficient (Wildman–Crippen LogP) is 0.473. The second-order valence-corrected chi connectivity index (χ2v) is 3.19. The summed E-state index contributed by atoms with van der Waals surface area (Å²) in [6, 6.07) is 5.68. The Morgan fingerprint density at radius 2 is 2.15 bits per heavy atom. The molecule has 1 rings (SSSR count). The Labute approximate surface area is 77.8 Å². The van der Waals surface area contributed by atoms with Gasteiger partial charge in [0.25, 0.3) is 0 Å². The molecule has 1 aromatic rings. The van der Waals surface area contributed by atoms with Gasteiger partial charge in [0.05, 0.1) is 12.7 Å². The number of benzene rings is 1. The highest BCUT2D eigenvalue weighted by molar-refractivity contribution is 5.53. The quantitative estimate of drug-likeness (QED) is 0.594. The summed E-state index contributed by atoms with van der Waals surface area (Å²) in [5.41, 5.74) is 8.39. The summed E-state index contributed by atoms with van der Waals surface area (Å²) in [7, 11) is 0. The number of hydrogen-bond acceptors (Lipinski definition) is 3. The van der Waals surface area contributed by atoms with E-state index in [4.69, 9.17) is 10.8 Å². The van der Waals surface area contributed by atoms with Gasteiger partial charge in [0.2, 0.25) is 0 Å². The molecule has 0 spiro atoms. The molecule has 1 atom stereocenters. The molecule has 0 bridgehead atoms. The van der Waals surface area contributed by atoms with Crippen LogP contribution in [0.3, 0.4) is 0 Å². The van der Waals surface area contributed by atoms with E-state index in [1.807, 2.05) is 25.1 Å². The minimum Gasteiger partial charge on any atom is -0.398 e. The van der Waals surface area contributed by atoms with Crippen molar-refractivity contribution in [1.82, 2.24) is 0 Å². The Hall–Kier alpha value is -1.06. The van der Waals surface area contributed by atoms with E-state index < -0.39 is 6.10 Å². The Kier molecular flexibility index (Phi) is 3.28. The number of anilines is 1. The van der Waals surface area contributed by atoms with Crippen LogP contribution < -0.4 is 5.73 Å². The van der Waals surface area contributed by atoms with Crippen LogP contribution in [0.1, 0.15) is 11.1 Å². The molecule has 0 aliphatic rings. The van der Waals surface area contributed by atoms with Crippen LogP contribution >= 0.6 is 0 Å². The average Bonchev–Trinajstić information content (AvgIpc) is 2.13. The van der Waals surface area contributed by atoms with Crippen molar-refractivity contribution in [3.8, 4) is 0 Å². The Morgan fingerprint density at radius 3 is 2.77 bits per heavy atom. The van der Waals surface area contributed by atoms with E-state index in [0.29, 0.717) is 12.1 Å². The third-order valence-corrected chi connectivity index (χ3v) is 2.08. The number of para-hydroxylation sites is 1. The molecule has 0 saturated heterocycles. The lowest BCUT2D eigenvalue weighted by molar-refractivity contribution is 0.0956. The molecule has 0 fully saturated rings. The second kappa shape index (κ2) is 4.25. The van der Waals surface area contributed by atoms with E-state index in [9.17, 15) is 5.11 Å². The number of nitrogens with two attached hydrogens (primary N) is 1. The maximum absolute atomic E-state index is 9.22. The Morgan fingerprint density at radius 1 is 1.46 bits per heavy atom. The van der Waals surface area contributed by atoms with Crippen LogP contribution in [0.25, 0.3) is 0 Å². The van der Waals surface area contributed by atoms with Gasteiger partial charge in [0, 0.05) is 12.1 Å². The van der Waals surface area contributed by atoms with Gasteiger partial charge in [-0.25, -0.2) is 0 Å². The van der Waals surface area contributed by atoms with Crippen LogP contribution in [0.2, 0.25) is 0 Å². The van der Waals surface area contributed by atoms with Crippen LogP contribution in [0.5, 0.6) is 0 Å². The fourth-order valence-electron chi connectivity index (χ4n) is 1.24. The zero-order valence-electron chi connectivity index (χ0n) is 7.70. The molecule has 0 aromatic heterocycles. The van der Waals surface area contributed by atoms with E-state index in [0.717, 1.165) is 11.1 Å². The molecule has 0 aliphatic heterocycles. The number of rotatable bonds is 3. The van der Waals surface area contributed by atoms with Crippen molar-refractivity contribution in [2.45, 2.75) is 19.4 Å². The van der Waals surface area contributed by atoms with Crippen LogP contribution in [-0.4, -0.2) is 22.9 Å². The molecule has 72 valence electrons. The molecule has 3 heteroatoms. The lowest BCUT2D eigenvalue weighted by Crippen LogP contribution is -2.16. The molecule has 0 aliphatic carbocycles. The minimum atomic E-state index is -0.718. The molecule has 3 nitrogen and oxygen atoms in total. The molecule has 4 N–H and O–H groups in total. The van der Waals surface area contributed by atoms with Crippen LogP contribution in [0, 0.1) is 6.92 Å². The highest BCUT2D eigenvalue weighted by Crippen LogP contribution is 2.17. The number of nitrogen functional groups attached to an aromatic ring is 1. The molecule has 13 heavy (non-hydrogen) atoms. The third-order valence-electron chi connectivity index (χ3n) is 2.08. The highest BCUT2D eigenvalue weighted by Gasteiger charge is 2.07. The minimum absolute atomic E-state index is 0.229. The van der Waals surface area contributed by atoms with Gasteiger partial charge < -0.3 is 15.9 Å². The zero-order chi connectivity index (χ0) is 9.84. The molecule has 1 unspecified atom stereocenters.